The van der Waals surface area contributed by atoms with Gasteiger partial charge in [-0.2, -0.15) is 4.89 Å². The molecule has 0 aliphatic carbocycles. The van der Waals surface area contributed by atoms with Crippen LogP contribution in [0.4, 0.5) is 0 Å². The van der Waals surface area contributed by atoms with Crippen molar-refractivity contribution in [2.45, 2.75) is 96.8 Å². The van der Waals surface area contributed by atoms with Crippen molar-refractivity contribution < 1.29 is 14.3 Å². The molecule has 1 N–H and O–H groups in total. The summed E-state index contributed by atoms with van der Waals surface area (Å²) in [5.41, 5.74) is -0.507. The smallest absolute Gasteiger partial charge is 0.237 e. The number of hydrogen-bond acceptors (Lipinski definition) is 2. The fourth-order valence-corrected chi connectivity index (χ4v) is 2.79. The van der Waals surface area contributed by atoms with Gasteiger partial charge in [0.05, 0.1) is 6.42 Å². The molecule has 0 bridgehead atoms. The number of carbonyl (C=O) groups is 1. The molecule has 0 fully saturated rings. The van der Waals surface area contributed by atoms with E-state index in [1.807, 2.05) is 0 Å². The van der Waals surface area contributed by atoms with Crippen LogP contribution in [0, 0.1) is 0 Å². The van der Waals surface area contributed by atoms with Crippen molar-refractivity contribution in [3.63, 3.8) is 0 Å². The summed E-state index contributed by atoms with van der Waals surface area (Å²) in [5.74, 6) is 0. The second-order valence-electron chi connectivity index (χ2n) is 6.00. The van der Waals surface area contributed by atoms with E-state index in [0.717, 1.165) is 25.7 Å². The van der Waals surface area contributed by atoms with Crippen LogP contribution in [0.15, 0.2) is 12.2 Å². The molecular weight excluding hydrogens is 295 g/mol. The van der Waals surface area contributed by atoms with E-state index >= 15 is 0 Å². The third-order valence-electron chi connectivity index (χ3n) is 3.87. The Balaban J connectivity index is 3.17. The monoisotopic (exact) mass is 329 g/mol. The van der Waals surface area contributed by atoms with E-state index in [-0.39, 0.29) is 6.42 Å². The maximum atomic E-state index is 10.9. The fraction of sp³-hybridized carbons (Fsp3) is 0.833. The molecule has 0 heterocycles. The van der Waals surface area contributed by atoms with E-state index in [1.165, 1.54) is 57.8 Å². The van der Waals surface area contributed by atoms with Gasteiger partial charge in [-0.25, -0.2) is 4.79 Å². The summed E-state index contributed by atoms with van der Waals surface area (Å²) in [7, 11) is -2.60. The van der Waals surface area contributed by atoms with Gasteiger partial charge in [0.1, 0.15) is 0 Å². The standard InChI is InChI=1S/C18H33O3P/c1-2-3-4-5-6-7-8-9-10-11-12-13-14-15-16-17-18(19)22(20)21/h9-10H,2-8,11-17H2,1H3/p+1. The molecule has 1 unspecified atom stereocenters. The Kier molecular flexibility index (Phi) is 16.4. The van der Waals surface area contributed by atoms with Gasteiger partial charge in [0.2, 0.25) is 0 Å². The average Bonchev–Trinajstić information content (AvgIpc) is 2.50. The maximum Gasteiger partial charge on any atom is 0.584 e. The van der Waals surface area contributed by atoms with Gasteiger partial charge in [0.25, 0.3) is 0 Å². The first-order chi connectivity index (χ1) is 10.7. The number of allylic oxidation sites excluding steroid dienone is 2. The van der Waals surface area contributed by atoms with Crippen LogP contribution in [0.5, 0.6) is 0 Å². The molecule has 0 aliphatic rings. The van der Waals surface area contributed by atoms with Gasteiger partial charge in [-0.1, -0.05) is 70.4 Å². The highest BCUT2D eigenvalue weighted by molar-refractivity contribution is 7.58. The van der Waals surface area contributed by atoms with Crippen LogP contribution in [0.2, 0.25) is 0 Å². The van der Waals surface area contributed by atoms with Crippen molar-refractivity contribution in [1.29, 1.82) is 0 Å². The molecule has 3 nitrogen and oxygen atoms in total. The summed E-state index contributed by atoms with van der Waals surface area (Å²) in [5, 5.41) is 0. The van der Waals surface area contributed by atoms with Gasteiger partial charge in [0.15, 0.2) is 0 Å². The zero-order valence-corrected chi connectivity index (χ0v) is 15.2. The van der Waals surface area contributed by atoms with Gasteiger partial charge in [0, 0.05) is 0 Å². The van der Waals surface area contributed by atoms with Crippen molar-refractivity contribution >= 4 is 13.6 Å². The van der Waals surface area contributed by atoms with Gasteiger partial charge >= 0.3 is 13.6 Å². The third-order valence-corrected chi connectivity index (χ3v) is 4.52. The number of carbonyl (C=O) groups excluding carboxylic acids is 1. The topological polar surface area (TPSA) is 54.4 Å². The average molecular weight is 329 g/mol. The SMILES string of the molecule is CCCCCCCCC=CCCCCCCCC(=O)[P+](=O)O. The van der Waals surface area contributed by atoms with Crippen molar-refractivity contribution in [3.8, 4) is 0 Å². The Labute approximate surface area is 137 Å². The summed E-state index contributed by atoms with van der Waals surface area (Å²) in [4.78, 5) is 19.5. The third kappa shape index (κ3) is 15.9. The highest BCUT2D eigenvalue weighted by Gasteiger charge is 2.23. The molecule has 0 aromatic carbocycles. The van der Waals surface area contributed by atoms with Gasteiger partial charge in [-0.05, 0) is 36.7 Å². The van der Waals surface area contributed by atoms with Crippen molar-refractivity contribution in [2.75, 3.05) is 0 Å². The minimum absolute atomic E-state index is 0.254. The molecule has 22 heavy (non-hydrogen) atoms. The predicted molar refractivity (Wildman–Crippen MR) is 94.3 cm³/mol. The van der Waals surface area contributed by atoms with Crippen LogP contribution in [0.25, 0.3) is 0 Å². The van der Waals surface area contributed by atoms with E-state index in [0.29, 0.717) is 0 Å². The second-order valence-corrected chi connectivity index (χ2v) is 7.05. The molecule has 128 valence electrons. The van der Waals surface area contributed by atoms with E-state index in [1.54, 1.807) is 0 Å². The molecule has 0 rings (SSSR count). The summed E-state index contributed by atoms with van der Waals surface area (Å²) >= 11 is 0. The molecule has 0 saturated carbocycles. The van der Waals surface area contributed by atoms with Gasteiger partial charge in [-0.3, -0.25) is 0 Å². The van der Waals surface area contributed by atoms with Crippen LogP contribution in [0.1, 0.15) is 96.8 Å². The molecule has 0 saturated heterocycles. The van der Waals surface area contributed by atoms with Crippen LogP contribution in [-0.2, 0) is 9.36 Å². The minimum atomic E-state index is -2.60. The Bertz CT molecular complexity index is 313. The zero-order chi connectivity index (χ0) is 16.5. The van der Waals surface area contributed by atoms with Crippen LogP contribution in [-0.4, -0.2) is 10.4 Å². The molecular formula is C18H34O3P+. The first-order valence-electron chi connectivity index (χ1n) is 9.02. The van der Waals surface area contributed by atoms with Crippen molar-refractivity contribution in [2.24, 2.45) is 0 Å². The van der Waals surface area contributed by atoms with E-state index in [9.17, 15) is 9.36 Å². The van der Waals surface area contributed by atoms with E-state index < -0.39 is 13.6 Å². The molecule has 0 amide bonds. The molecule has 0 spiro atoms. The van der Waals surface area contributed by atoms with Crippen LogP contribution >= 0.6 is 8.03 Å². The predicted octanol–water partition coefficient (Wildman–Crippen LogP) is 6.29. The lowest BCUT2D eigenvalue weighted by atomic mass is 10.1. The highest BCUT2D eigenvalue weighted by Crippen LogP contribution is 2.19. The lowest BCUT2D eigenvalue weighted by Gasteiger charge is -1.98. The van der Waals surface area contributed by atoms with Gasteiger partial charge in [-0.15, -0.1) is 0 Å². The summed E-state index contributed by atoms with van der Waals surface area (Å²) in [6.07, 6.45) is 20.6. The lowest BCUT2D eigenvalue weighted by molar-refractivity contribution is -0.112. The first-order valence-corrected chi connectivity index (χ1v) is 10.2. The molecule has 0 radical (unpaired) electrons. The molecule has 0 aromatic heterocycles. The molecule has 0 aliphatic heterocycles. The van der Waals surface area contributed by atoms with Crippen LogP contribution in [0.3, 0.4) is 0 Å². The largest absolute Gasteiger partial charge is 0.584 e. The Morgan fingerprint density at radius 2 is 1.27 bits per heavy atom. The zero-order valence-electron chi connectivity index (χ0n) is 14.3. The van der Waals surface area contributed by atoms with E-state index in [4.69, 9.17) is 4.89 Å². The lowest BCUT2D eigenvalue weighted by Crippen LogP contribution is -1.90. The summed E-state index contributed by atoms with van der Waals surface area (Å²) in [6.45, 7) is 2.25. The second kappa shape index (κ2) is 16.8. The number of hydrogen-bond donors (Lipinski definition) is 1. The Morgan fingerprint density at radius 1 is 0.818 bits per heavy atom. The van der Waals surface area contributed by atoms with Crippen LogP contribution < -0.4 is 0 Å². The maximum absolute atomic E-state index is 10.9. The minimum Gasteiger partial charge on any atom is -0.237 e. The summed E-state index contributed by atoms with van der Waals surface area (Å²) < 4.78 is 10.5. The Hall–Kier alpha value is -0.530. The van der Waals surface area contributed by atoms with E-state index in [2.05, 4.69) is 19.1 Å². The van der Waals surface area contributed by atoms with Crippen molar-refractivity contribution in [3.05, 3.63) is 12.2 Å². The molecule has 4 heteroatoms. The Morgan fingerprint density at radius 3 is 1.77 bits per heavy atom. The fourth-order valence-electron chi connectivity index (χ4n) is 2.44. The number of unbranched alkanes of at least 4 members (excludes halogenated alkanes) is 11. The first kappa shape index (κ1) is 21.5. The van der Waals surface area contributed by atoms with Crippen molar-refractivity contribution in [1.82, 2.24) is 0 Å². The quantitative estimate of drug-likeness (QED) is 0.206. The van der Waals surface area contributed by atoms with Gasteiger partial charge < -0.3 is 0 Å². The normalized spacial score (nSPS) is 12.0. The molecule has 0 aromatic rings. The number of rotatable bonds is 16. The highest BCUT2D eigenvalue weighted by atomic mass is 31.1. The summed E-state index contributed by atoms with van der Waals surface area (Å²) in [6, 6.07) is 0. The molecule has 1 atom stereocenters.